The molecule has 1 aromatic rings. The van der Waals surface area contributed by atoms with Crippen LogP contribution in [0.15, 0.2) is 35.8 Å². The number of hydrogen-bond acceptors (Lipinski definition) is 4. The molecule has 1 aliphatic rings. The Hall–Kier alpha value is -2.37. The Balaban J connectivity index is 2.42. The van der Waals surface area contributed by atoms with Crippen molar-refractivity contribution in [2.75, 3.05) is 7.11 Å². The van der Waals surface area contributed by atoms with Gasteiger partial charge in [0.25, 0.3) is 0 Å². The van der Waals surface area contributed by atoms with E-state index in [-0.39, 0.29) is 11.7 Å². The number of hydrogen-bond donors (Lipinski definition) is 2. The number of nitrogens with one attached hydrogen (secondary N) is 2. The van der Waals surface area contributed by atoms with Crippen molar-refractivity contribution in [1.82, 2.24) is 15.6 Å². The van der Waals surface area contributed by atoms with Crippen molar-refractivity contribution in [2.45, 2.75) is 13.0 Å². The molecule has 0 saturated carbocycles. The second kappa shape index (κ2) is 4.87. The van der Waals surface area contributed by atoms with E-state index in [2.05, 4.69) is 20.4 Å². The van der Waals surface area contributed by atoms with Gasteiger partial charge in [-0.3, -0.25) is 4.98 Å². The van der Waals surface area contributed by atoms with Gasteiger partial charge in [-0.05, 0) is 24.1 Å². The molecule has 6 heteroatoms. The van der Waals surface area contributed by atoms with Crippen molar-refractivity contribution in [1.29, 1.82) is 0 Å². The van der Waals surface area contributed by atoms with Crippen molar-refractivity contribution < 1.29 is 14.3 Å². The normalized spacial score (nSPS) is 19.0. The lowest BCUT2D eigenvalue weighted by Gasteiger charge is -2.27. The predicted molar refractivity (Wildman–Crippen MR) is 63.4 cm³/mol. The molecule has 0 aromatic carbocycles. The number of nitrogens with zero attached hydrogens (tertiary/aromatic N) is 1. The fourth-order valence-electron chi connectivity index (χ4n) is 1.83. The first-order valence-corrected chi connectivity index (χ1v) is 5.40. The van der Waals surface area contributed by atoms with Gasteiger partial charge in [0, 0.05) is 12.4 Å². The zero-order chi connectivity index (χ0) is 13.1. The van der Waals surface area contributed by atoms with Gasteiger partial charge >= 0.3 is 12.0 Å². The number of carbonyl (C=O) groups excluding carboxylic acids is 2. The molecule has 0 spiro atoms. The largest absolute Gasteiger partial charge is 0.464 e. The molecule has 1 atom stereocenters. The van der Waals surface area contributed by atoms with E-state index in [1.165, 1.54) is 7.11 Å². The zero-order valence-corrected chi connectivity index (χ0v) is 10.1. The first-order chi connectivity index (χ1) is 8.63. The molecule has 0 aliphatic carbocycles. The number of esters is 1. The molecule has 0 fully saturated rings. The smallest absolute Gasteiger partial charge is 0.354 e. The van der Waals surface area contributed by atoms with Crippen molar-refractivity contribution in [3.05, 3.63) is 41.4 Å². The predicted octanol–water partition coefficient (Wildman–Crippen LogP) is 0.882. The molecule has 0 saturated heterocycles. The summed E-state index contributed by atoms with van der Waals surface area (Å²) in [6.07, 6.45) is 3.29. The summed E-state index contributed by atoms with van der Waals surface area (Å²) >= 11 is 0. The van der Waals surface area contributed by atoms with Crippen LogP contribution in [0, 0.1) is 0 Å². The van der Waals surface area contributed by atoms with Gasteiger partial charge < -0.3 is 15.4 Å². The van der Waals surface area contributed by atoms with Gasteiger partial charge in [0.15, 0.2) is 0 Å². The lowest BCUT2D eigenvalue weighted by atomic mass is 9.98. The minimum Gasteiger partial charge on any atom is -0.464 e. The van der Waals surface area contributed by atoms with Gasteiger partial charge in [-0.15, -0.1) is 0 Å². The van der Waals surface area contributed by atoms with E-state index in [0.717, 1.165) is 5.56 Å². The number of methoxy groups -OCH3 is 1. The Bertz CT molecular complexity index is 511. The number of rotatable bonds is 2. The number of pyridine rings is 1. The summed E-state index contributed by atoms with van der Waals surface area (Å²) in [5.41, 5.74) is 1.68. The molecule has 2 rings (SSSR count). The van der Waals surface area contributed by atoms with Gasteiger partial charge in [0.2, 0.25) is 0 Å². The van der Waals surface area contributed by atoms with Gasteiger partial charge in [0.1, 0.15) is 5.70 Å². The van der Waals surface area contributed by atoms with E-state index in [4.69, 9.17) is 0 Å². The summed E-state index contributed by atoms with van der Waals surface area (Å²) in [5, 5.41) is 5.19. The number of carbonyl (C=O) groups is 2. The van der Waals surface area contributed by atoms with Crippen LogP contribution in [-0.2, 0) is 9.53 Å². The number of urea groups is 1. The van der Waals surface area contributed by atoms with Crippen LogP contribution in [0.2, 0.25) is 0 Å². The van der Waals surface area contributed by atoms with E-state index in [0.29, 0.717) is 5.57 Å². The Kier molecular flexibility index (Phi) is 3.27. The highest BCUT2D eigenvalue weighted by Gasteiger charge is 2.29. The highest BCUT2D eigenvalue weighted by molar-refractivity contribution is 5.95. The second-order valence-corrected chi connectivity index (χ2v) is 3.87. The molecule has 0 radical (unpaired) electrons. The maximum Gasteiger partial charge on any atom is 0.354 e. The standard InChI is InChI=1S/C12H13N3O3/c1-7-9(8-4-3-5-13-6-8)14-12(17)15-10(7)11(16)18-2/h3-6,9H,1-2H3,(H2,14,15,17)/t9-/m0/s1. The van der Waals surface area contributed by atoms with Crippen LogP contribution in [0.5, 0.6) is 0 Å². The zero-order valence-electron chi connectivity index (χ0n) is 10.1. The maximum absolute atomic E-state index is 11.6. The molecule has 1 aromatic heterocycles. The summed E-state index contributed by atoms with van der Waals surface area (Å²) in [7, 11) is 1.27. The third-order valence-corrected chi connectivity index (χ3v) is 2.75. The number of ether oxygens (including phenoxy) is 1. The average molecular weight is 247 g/mol. The molecular weight excluding hydrogens is 234 g/mol. The van der Waals surface area contributed by atoms with Crippen molar-refractivity contribution in [2.24, 2.45) is 0 Å². The quantitative estimate of drug-likeness (QED) is 0.760. The fraction of sp³-hybridized carbons (Fsp3) is 0.250. The van der Waals surface area contributed by atoms with E-state index < -0.39 is 12.0 Å². The van der Waals surface area contributed by atoms with Crippen molar-refractivity contribution in [3.63, 3.8) is 0 Å². The lowest BCUT2D eigenvalue weighted by molar-refractivity contribution is -0.136. The molecule has 2 heterocycles. The van der Waals surface area contributed by atoms with Crippen LogP contribution in [0.4, 0.5) is 4.79 Å². The maximum atomic E-state index is 11.6. The Morgan fingerprint density at radius 2 is 2.28 bits per heavy atom. The Morgan fingerprint density at radius 3 is 2.89 bits per heavy atom. The van der Waals surface area contributed by atoms with Crippen molar-refractivity contribution >= 4 is 12.0 Å². The van der Waals surface area contributed by atoms with Crippen LogP contribution >= 0.6 is 0 Å². The topological polar surface area (TPSA) is 80.3 Å². The molecule has 2 amide bonds. The second-order valence-electron chi connectivity index (χ2n) is 3.87. The minimum absolute atomic E-state index is 0.176. The van der Waals surface area contributed by atoms with E-state index in [1.54, 1.807) is 25.4 Å². The Morgan fingerprint density at radius 1 is 1.50 bits per heavy atom. The van der Waals surface area contributed by atoms with Crippen LogP contribution in [0.25, 0.3) is 0 Å². The molecule has 94 valence electrons. The highest BCUT2D eigenvalue weighted by atomic mass is 16.5. The lowest BCUT2D eigenvalue weighted by Crippen LogP contribution is -2.45. The summed E-state index contributed by atoms with van der Waals surface area (Å²) in [6.45, 7) is 1.76. The molecule has 18 heavy (non-hydrogen) atoms. The van der Waals surface area contributed by atoms with Crippen LogP contribution in [0.1, 0.15) is 18.5 Å². The molecular formula is C12H13N3O3. The summed E-state index contributed by atoms with van der Waals surface area (Å²) in [4.78, 5) is 27.1. The fourth-order valence-corrected chi connectivity index (χ4v) is 1.83. The minimum atomic E-state index is -0.559. The number of aromatic nitrogens is 1. The Labute approximate surface area is 104 Å². The van der Waals surface area contributed by atoms with Crippen molar-refractivity contribution in [3.8, 4) is 0 Å². The molecule has 1 aliphatic heterocycles. The summed E-state index contributed by atoms with van der Waals surface area (Å²) < 4.78 is 4.64. The van der Waals surface area contributed by atoms with E-state index in [1.807, 2.05) is 6.07 Å². The van der Waals surface area contributed by atoms with Gasteiger partial charge in [0.05, 0.1) is 13.2 Å². The van der Waals surface area contributed by atoms with Gasteiger partial charge in [-0.25, -0.2) is 9.59 Å². The summed E-state index contributed by atoms with van der Waals surface area (Å²) in [6, 6.07) is 2.80. The van der Waals surface area contributed by atoms with Gasteiger partial charge in [-0.2, -0.15) is 0 Å². The van der Waals surface area contributed by atoms with Crippen LogP contribution in [0.3, 0.4) is 0 Å². The molecule has 2 N–H and O–H groups in total. The highest BCUT2D eigenvalue weighted by Crippen LogP contribution is 2.25. The summed E-state index contributed by atoms with van der Waals surface area (Å²) in [5.74, 6) is -0.559. The first kappa shape index (κ1) is 12.1. The SMILES string of the molecule is COC(=O)C1=C(C)[C@@H](c2cccnc2)NC(=O)N1. The third kappa shape index (κ3) is 2.17. The average Bonchev–Trinajstić information content (AvgIpc) is 2.41. The van der Waals surface area contributed by atoms with Gasteiger partial charge in [-0.1, -0.05) is 6.07 Å². The van der Waals surface area contributed by atoms with Crippen LogP contribution < -0.4 is 10.6 Å². The monoisotopic (exact) mass is 247 g/mol. The van der Waals surface area contributed by atoms with Crippen LogP contribution in [-0.4, -0.2) is 24.1 Å². The van der Waals surface area contributed by atoms with E-state index >= 15 is 0 Å². The first-order valence-electron chi connectivity index (χ1n) is 5.40. The third-order valence-electron chi connectivity index (χ3n) is 2.75. The molecule has 0 bridgehead atoms. The number of amides is 2. The van der Waals surface area contributed by atoms with E-state index in [9.17, 15) is 9.59 Å². The molecule has 0 unspecified atom stereocenters. The molecule has 6 nitrogen and oxygen atoms in total.